The van der Waals surface area contributed by atoms with Gasteiger partial charge in [0.1, 0.15) is 11.6 Å². The third-order valence-corrected chi connectivity index (χ3v) is 4.89. The summed E-state index contributed by atoms with van der Waals surface area (Å²) < 4.78 is 71.9. The fourth-order valence-electron chi connectivity index (χ4n) is 2.45. The summed E-state index contributed by atoms with van der Waals surface area (Å²) in [6.07, 6.45) is -4.12. The molecule has 27 heavy (non-hydrogen) atoms. The highest BCUT2D eigenvalue weighted by molar-refractivity contribution is 6.42. The summed E-state index contributed by atoms with van der Waals surface area (Å²) in [5.41, 5.74) is -3.02. The van der Waals surface area contributed by atoms with Gasteiger partial charge in [-0.1, -0.05) is 29.6 Å². The molecule has 3 rings (SSSR count). The van der Waals surface area contributed by atoms with Gasteiger partial charge in [-0.3, -0.25) is 4.79 Å². The predicted molar refractivity (Wildman–Crippen MR) is 87.9 cm³/mol. The Bertz CT molecular complexity index is 926. The van der Waals surface area contributed by atoms with Crippen molar-refractivity contribution in [2.24, 2.45) is 0 Å². The summed E-state index contributed by atoms with van der Waals surface area (Å²) in [5, 5.41) is 0.0750. The molecule has 1 aromatic carbocycles. The fraction of sp³-hybridized carbons (Fsp3) is 0.375. The van der Waals surface area contributed by atoms with E-state index in [4.69, 9.17) is 27.9 Å². The Morgan fingerprint density at radius 2 is 1.78 bits per heavy atom. The lowest BCUT2D eigenvalue weighted by Gasteiger charge is -2.26. The van der Waals surface area contributed by atoms with E-state index in [1.807, 2.05) is 0 Å². The summed E-state index contributed by atoms with van der Waals surface area (Å²) in [6.45, 7) is 0. The number of hydrogen-bond acceptors (Lipinski definition) is 3. The second-order valence-corrected chi connectivity index (χ2v) is 6.82. The summed E-state index contributed by atoms with van der Waals surface area (Å²) in [4.78, 5) is 17.9. The minimum Gasteiger partial charge on any atom is -0.449 e. The maximum Gasteiger partial charge on any atom is 0.459 e. The quantitative estimate of drug-likeness (QED) is 0.626. The normalized spacial score (nSPS) is 15.5. The number of halogens is 7. The Hall–Kier alpha value is -1.87. The maximum atomic E-state index is 14.0. The first-order valence-corrected chi connectivity index (χ1v) is 8.48. The van der Waals surface area contributed by atoms with Crippen LogP contribution in [0, 0.1) is 0 Å². The van der Waals surface area contributed by atoms with Crippen molar-refractivity contribution in [1.82, 2.24) is 9.97 Å². The van der Waals surface area contributed by atoms with Crippen LogP contribution in [0.25, 0.3) is 0 Å². The van der Waals surface area contributed by atoms with E-state index in [0.29, 0.717) is 12.8 Å². The molecule has 0 atom stereocenters. The first kappa shape index (κ1) is 19.9. The molecule has 11 heteroatoms. The van der Waals surface area contributed by atoms with E-state index in [1.165, 1.54) is 12.1 Å². The molecular weight excluding hydrogens is 418 g/mol. The van der Waals surface area contributed by atoms with Crippen LogP contribution < -0.4 is 10.3 Å². The standard InChI is InChI=1S/C16H11Cl2F5N2O2/c17-9-5-4-8(6-10(9)18)27-11-12(15(19,20)16(21,22)23)24-13(25-14(11)26)7-2-1-3-7/h4-7H,1-3H2,(H,24,25,26). The average Bonchev–Trinajstić information content (AvgIpc) is 2.50. The van der Waals surface area contributed by atoms with Gasteiger partial charge in [0, 0.05) is 12.0 Å². The van der Waals surface area contributed by atoms with Crippen LogP contribution in [0.5, 0.6) is 11.5 Å². The number of nitrogens with zero attached hydrogens (tertiary/aromatic N) is 1. The predicted octanol–water partition coefficient (Wildman–Crippen LogP) is 5.79. The minimum absolute atomic E-state index is 0.0335. The van der Waals surface area contributed by atoms with Crippen LogP contribution in [0.2, 0.25) is 10.0 Å². The SMILES string of the molecule is O=c1[nH]c(C2CCC2)nc(C(F)(F)C(F)(F)F)c1Oc1ccc(Cl)c(Cl)c1. The number of benzene rings is 1. The van der Waals surface area contributed by atoms with Crippen LogP contribution in [-0.2, 0) is 5.92 Å². The zero-order chi connectivity index (χ0) is 20.0. The summed E-state index contributed by atoms with van der Waals surface area (Å²) in [6, 6.07) is 3.49. The van der Waals surface area contributed by atoms with Gasteiger partial charge in [-0.15, -0.1) is 0 Å². The van der Waals surface area contributed by atoms with Crippen molar-refractivity contribution in [3.8, 4) is 11.5 Å². The molecule has 0 aliphatic heterocycles. The van der Waals surface area contributed by atoms with E-state index in [2.05, 4.69) is 9.97 Å². The summed E-state index contributed by atoms with van der Waals surface area (Å²) in [5.74, 6) is -7.47. The van der Waals surface area contributed by atoms with Gasteiger partial charge in [-0.25, -0.2) is 4.98 Å². The van der Waals surface area contributed by atoms with Crippen molar-refractivity contribution in [1.29, 1.82) is 0 Å². The molecule has 0 amide bonds. The van der Waals surface area contributed by atoms with Gasteiger partial charge in [-0.05, 0) is 25.0 Å². The van der Waals surface area contributed by atoms with E-state index in [-0.39, 0.29) is 27.5 Å². The Kier molecular flexibility index (Phi) is 5.11. The van der Waals surface area contributed by atoms with Gasteiger partial charge in [0.15, 0.2) is 5.69 Å². The number of ether oxygens (including phenoxy) is 1. The van der Waals surface area contributed by atoms with Crippen LogP contribution in [0.3, 0.4) is 0 Å². The summed E-state index contributed by atoms with van der Waals surface area (Å²) in [7, 11) is 0. The molecule has 2 aromatic rings. The van der Waals surface area contributed by atoms with Gasteiger partial charge in [0.05, 0.1) is 10.0 Å². The highest BCUT2D eigenvalue weighted by atomic mass is 35.5. The van der Waals surface area contributed by atoms with Crippen molar-refractivity contribution < 1.29 is 26.7 Å². The molecule has 146 valence electrons. The first-order chi connectivity index (χ1) is 12.5. The molecule has 0 radical (unpaired) electrons. The smallest absolute Gasteiger partial charge is 0.449 e. The highest BCUT2D eigenvalue weighted by Gasteiger charge is 2.62. The first-order valence-electron chi connectivity index (χ1n) is 7.73. The number of nitrogens with one attached hydrogen (secondary N) is 1. The van der Waals surface area contributed by atoms with Crippen molar-refractivity contribution in [3.05, 3.63) is 50.1 Å². The summed E-state index contributed by atoms with van der Waals surface area (Å²) >= 11 is 11.5. The maximum absolute atomic E-state index is 14.0. The van der Waals surface area contributed by atoms with Crippen LogP contribution in [0.4, 0.5) is 22.0 Å². The van der Waals surface area contributed by atoms with Crippen molar-refractivity contribution in [2.45, 2.75) is 37.3 Å². The zero-order valence-electron chi connectivity index (χ0n) is 13.3. The van der Waals surface area contributed by atoms with Gasteiger partial charge >= 0.3 is 12.1 Å². The van der Waals surface area contributed by atoms with Gasteiger partial charge in [0.25, 0.3) is 5.56 Å². The average molecular weight is 429 g/mol. The molecule has 1 aliphatic carbocycles. The number of aromatic nitrogens is 2. The molecular formula is C16H11Cl2F5N2O2. The Balaban J connectivity index is 2.13. The van der Waals surface area contributed by atoms with Gasteiger partial charge in [0.2, 0.25) is 5.75 Å². The van der Waals surface area contributed by atoms with Gasteiger partial charge < -0.3 is 9.72 Å². The van der Waals surface area contributed by atoms with Crippen molar-refractivity contribution >= 4 is 23.2 Å². The number of H-pyrrole nitrogens is 1. The molecule has 1 aliphatic rings. The Morgan fingerprint density at radius 1 is 1.11 bits per heavy atom. The lowest BCUT2D eigenvalue weighted by molar-refractivity contribution is -0.291. The molecule has 0 bridgehead atoms. The third-order valence-electron chi connectivity index (χ3n) is 4.15. The van der Waals surface area contributed by atoms with Crippen LogP contribution >= 0.6 is 23.2 Å². The van der Waals surface area contributed by atoms with Crippen molar-refractivity contribution in [3.63, 3.8) is 0 Å². The molecule has 1 saturated carbocycles. The van der Waals surface area contributed by atoms with Crippen molar-refractivity contribution in [2.75, 3.05) is 0 Å². The topological polar surface area (TPSA) is 55.0 Å². The molecule has 1 fully saturated rings. The van der Waals surface area contributed by atoms with E-state index in [9.17, 15) is 26.7 Å². The highest BCUT2D eigenvalue weighted by Crippen LogP contribution is 2.47. The van der Waals surface area contributed by atoms with E-state index in [0.717, 1.165) is 12.5 Å². The number of hydrogen-bond donors (Lipinski definition) is 1. The largest absolute Gasteiger partial charge is 0.459 e. The lowest BCUT2D eigenvalue weighted by Crippen LogP contribution is -2.37. The monoisotopic (exact) mass is 428 g/mol. The Labute approximate surface area is 159 Å². The van der Waals surface area contributed by atoms with E-state index >= 15 is 0 Å². The van der Waals surface area contributed by atoms with Crippen LogP contribution in [0.1, 0.15) is 36.7 Å². The molecule has 0 unspecified atom stereocenters. The minimum atomic E-state index is -5.96. The molecule has 0 spiro atoms. The van der Waals surface area contributed by atoms with E-state index in [1.54, 1.807) is 0 Å². The fourth-order valence-corrected chi connectivity index (χ4v) is 2.74. The molecule has 1 N–H and O–H groups in total. The molecule has 4 nitrogen and oxygen atoms in total. The molecule has 1 heterocycles. The van der Waals surface area contributed by atoms with Crippen LogP contribution in [0.15, 0.2) is 23.0 Å². The van der Waals surface area contributed by atoms with Crippen LogP contribution in [-0.4, -0.2) is 16.1 Å². The second-order valence-electron chi connectivity index (χ2n) is 6.01. The van der Waals surface area contributed by atoms with E-state index < -0.39 is 29.1 Å². The number of rotatable bonds is 4. The number of aromatic amines is 1. The third kappa shape index (κ3) is 3.75. The lowest BCUT2D eigenvalue weighted by atomic mass is 9.85. The zero-order valence-corrected chi connectivity index (χ0v) is 14.9. The van der Waals surface area contributed by atoms with Gasteiger partial charge in [-0.2, -0.15) is 22.0 Å². The molecule has 1 aromatic heterocycles. The molecule has 0 saturated heterocycles. The Morgan fingerprint density at radius 3 is 2.30 bits per heavy atom. The number of alkyl halides is 5. The second kappa shape index (κ2) is 6.94.